The highest BCUT2D eigenvalue weighted by Gasteiger charge is 1.90. The Labute approximate surface area is 65.7 Å². The lowest BCUT2D eigenvalue weighted by atomic mass is 10.8. The minimum absolute atomic E-state index is 0.437. The lowest BCUT2D eigenvalue weighted by molar-refractivity contribution is 0.927. The maximum absolute atomic E-state index is 4.06. The minimum Gasteiger partial charge on any atom is -0.233 e. The van der Waals surface area contributed by atoms with E-state index in [2.05, 4.69) is 10.2 Å². The molecule has 0 unspecified atom stereocenters. The lowest BCUT2D eigenvalue weighted by Crippen LogP contribution is -1.91. The van der Waals surface area contributed by atoms with Crippen LogP contribution in [-0.2, 0) is 0 Å². The van der Waals surface area contributed by atoms with Gasteiger partial charge in [0.05, 0.1) is 0 Å². The third-order valence-corrected chi connectivity index (χ3v) is 2.15. The molecule has 0 aromatic carbocycles. The Kier molecular flexibility index (Phi) is 1.69. The summed E-state index contributed by atoms with van der Waals surface area (Å²) in [5.41, 5.74) is 0. The summed E-state index contributed by atoms with van der Waals surface area (Å²) in [7, 11) is 0.437. The molecule has 0 atom stereocenters. The fourth-order valence-corrected chi connectivity index (χ4v) is 1.51. The van der Waals surface area contributed by atoms with Crippen molar-refractivity contribution in [2.45, 2.75) is 0 Å². The third kappa shape index (κ3) is 1.46. The molecule has 5 heteroatoms. The molecule has 0 saturated carbocycles. The van der Waals surface area contributed by atoms with Gasteiger partial charge < -0.3 is 0 Å². The highest BCUT2D eigenvalue weighted by Crippen LogP contribution is 2.12. The molecule has 2 heterocycles. The predicted octanol–water partition coefficient (Wildman–Crippen LogP) is 0.984. The largest absolute Gasteiger partial charge is 0.233 e. The van der Waals surface area contributed by atoms with Crippen LogP contribution in [0.1, 0.15) is 0 Å². The number of hydrogen-bond acceptors (Lipinski definition) is 2. The van der Waals surface area contributed by atoms with Gasteiger partial charge in [-0.2, -0.15) is 10.2 Å². The molecule has 0 aliphatic rings. The molecule has 0 aliphatic heterocycles. The van der Waals surface area contributed by atoms with E-state index in [9.17, 15) is 0 Å². The SMILES string of the molecule is c1cnn(Pn2cccn2)c1. The van der Waals surface area contributed by atoms with Crippen molar-refractivity contribution in [3.8, 4) is 0 Å². The second-order valence-corrected chi connectivity index (χ2v) is 3.12. The molecule has 0 fully saturated rings. The smallest absolute Gasteiger partial charge is 0.125 e. The summed E-state index contributed by atoms with van der Waals surface area (Å²) in [4.78, 5) is 0. The van der Waals surface area contributed by atoms with Gasteiger partial charge in [-0.3, -0.25) is 0 Å². The second-order valence-electron chi connectivity index (χ2n) is 2.00. The summed E-state index contributed by atoms with van der Waals surface area (Å²) in [6.07, 6.45) is 7.35. The van der Waals surface area contributed by atoms with Gasteiger partial charge in [-0.25, -0.2) is 8.90 Å². The predicted molar refractivity (Wildman–Crippen MR) is 43.6 cm³/mol. The molecule has 0 amide bonds. The quantitative estimate of drug-likeness (QED) is 0.623. The first-order chi connectivity index (χ1) is 5.45. The fraction of sp³-hybridized carbons (Fsp3) is 0. The number of rotatable bonds is 2. The third-order valence-electron chi connectivity index (χ3n) is 1.21. The van der Waals surface area contributed by atoms with Gasteiger partial charge in [0.1, 0.15) is 8.88 Å². The van der Waals surface area contributed by atoms with Gasteiger partial charge in [0.25, 0.3) is 0 Å². The molecule has 0 N–H and O–H groups in total. The average Bonchev–Trinajstić information content (AvgIpc) is 2.60. The Bertz CT molecular complexity index is 267. The van der Waals surface area contributed by atoms with Crippen LogP contribution >= 0.6 is 8.88 Å². The average molecular weight is 166 g/mol. The summed E-state index contributed by atoms with van der Waals surface area (Å²) in [6, 6.07) is 3.80. The lowest BCUT2D eigenvalue weighted by Gasteiger charge is -1.98. The first-order valence-corrected chi connectivity index (χ1v) is 4.11. The Hall–Kier alpha value is -1.15. The van der Waals surface area contributed by atoms with Crippen LogP contribution in [0, 0.1) is 0 Å². The number of nitrogens with zero attached hydrogens (tertiary/aromatic N) is 4. The van der Waals surface area contributed by atoms with Gasteiger partial charge in [-0.15, -0.1) is 0 Å². The van der Waals surface area contributed by atoms with Crippen LogP contribution in [0.2, 0.25) is 0 Å². The molecule has 2 aromatic rings. The number of hydrogen-bond donors (Lipinski definition) is 0. The maximum Gasteiger partial charge on any atom is 0.125 e. The van der Waals surface area contributed by atoms with Crippen molar-refractivity contribution in [2.24, 2.45) is 0 Å². The normalized spacial score (nSPS) is 10.2. The molecule has 0 radical (unpaired) electrons. The van der Waals surface area contributed by atoms with E-state index in [1.165, 1.54) is 0 Å². The zero-order valence-electron chi connectivity index (χ0n) is 5.75. The fourth-order valence-electron chi connectivity index (χ4n) is 0.761. The zero-order valence-corrected chi connectivity index (χ0v) is 6.75. The van der Waals surface area contributed by atoms with E-state index in [4.69, 9.17) is 0 Å². The minimum atomic E-state index is 0.437. The van der Waals surface area contributed by atoms with Gasteiger partial charge in [0.15, 0.2) is 0 Å². The molecular weight excluding hydrogens is 159 g/mol. The van der Waals surface area contributed by atoms with Gasteiger partial charge in [0.2, 0.25) is 0 Å². The highest BCUT2D eigenvalue weighted by molar-refractivity contribution is 7.34. The summed E-state index contributed by atoms with van der Waals surface area (Å²) < 4.78 is 3.68. The van der Waals surface area contributed by atoms with Crippen LogP contribution in [0.4, 0.5) is 0 Å². The van der Waals surface area contributed by atoms with Crippen LogP contribution in [0.3, 0.4) is 0 Å². The van der Waals surface area contributed by atoms with Crippen LogP contribution in [0.5, 0.6) is 0 Å². The molecule has 0 bridgehead atoms. The Morgan fingerprint density at radius 3 is 1.82 bits per heavy atom. The van der Waals surface area contributed by atoms with Crippen molar-refractivity contribution >= 4 is 8.88 Å². The van der Waals surface area contributed by atoms with Crippen molar-refractivity contribution in [3.63, 3.8) is 0 Å². The van der Waals surface area contributed by atoms with Crippen LogP contribution < -0.4 is 0 Å². The van der Waals surface area contributed by atoms with E-state index < -0.39 is 0 Å². The first kappa shape index (κ1) is 6.55. The monoisotopic (exact) mass is 166 g/mol. The van der Waals surface area contributed by atoms with Crippen molar-refractivity contribution in [2.75, 3.05) is 0 Å². The molecule has 2 aromatic heterocycles. The molecule has 0 spiro atoms. The second kappa shape index (κ2) is 2.84. The zero-order chi connectivity index (χ0) is 7.52. The van der Waals surface area contributed by atoms with Gasteiger partial charge in [-0.1, -0.05) is 0 Å². The van der Waals surface area contributed by atoms with Crippen molar-refractivity contribution < 1.29 is 0 Å². The standard InChI is InChI=1S/C6H7N4P/c1-3-7-9(5-1)11-10-6-2-4-8-10/h1-6,11H. The molecule has 56 valence electrons. The van der Waals surface area contributed by atoms with E-state index >= 15 is 0 Å². The topological polar surface area (TPSA) is 35.6 Å². The Morgan fingerprint density at radius 1 is 0.909 bits per heavy atom. The van der Waals surface area contributed by atoms with Crippen molar-refractivity contribution in [1.82, 2.24) is 19.1 Å². The summed E-state index contributed by atoms with van der Waals surface area (Å²) >= 11 is 0. The summed E-state index contributed by atoms with van der Waals surface area (Å²) in [5, 5.41) is 8.12. The first-order valence-electron chi connectivity index (χ1n) is 3.21. The molecule has 11 heavy (non-hydrogen) atoms. The molecule has 2 rings (SSSR count). The van der Waals surface area contributed by atoms with E-state index in [0.717, 1.165) is 0 Å². The van der Waals surface area contributed by atoms with Gasteiger partial charge in [-0.05, 0) is 12.1 Å². The maximum atomic E-state index is 4.06. The molecule has 0 aliphatic carbocycles. The van der Waals surface area contributed by atoms with Crippen LogP contribution in [0.25, 0.3) is 0 Å². The van der Waals surface area contributed by atoms with Gasteiger partial charge >= 0.3 is 0 Å². The Balaban J connectivity index is 2.14. The highest BCUT2D eigenvalue weighted by atomic mass is 31.1. The molecule has 4 nitrogen and oxygen atoms in total. The summed E-state index contributed by atoms with van der Waals surface area (Å²) in [6.45, 7) is 0. The molecular formula is C6H7N4P. The summed E-state index contributed by atoms with van der Waals surface area (Å²) in [5.74, 6) is 0. The number of aromatic nitrogens is 4. The van der Waals surface area contributed by atoms with E-state index in [1.54, 1.807) is 12.4 Å². The van der Waals surface area contributed by atoms with Gasteiger partial charge in [0, 0.05) is 24.8 Å². The van der Waals surface area contributed by atoms with E-state index in [0.29, 0.717) is 8.88 Å². The Morgan fingerprint density at radius 2 is 1.45 bits per heavy atom. The van der Waals surface area contributed by atoms with Crippen molar-refractivity contribution in [3.05, 3.63) is 36.9 Å². The molecule has 0 saturated heterocycles. The van der Waals surface area contributed by atoms with Crippen LogP contribution in [-0.4, -0.2) is 19.1 Å². The van der Waals surface area contributed by atoms with Crippen LogP contribution in [0.15, 0.2) is 36.9 Å². The van der Waals surface area contributed by atoms with Crippen molar-refractivity contribution in [1.29, 1.82) is 0 Å². The van der Waals surface area contributed by atoms with E-state index in [-0.39, 0.29) is 0 Å². The van der Waals surface area contributed by atoms with E-state index in [1.807, 2.05) is 33.4 Å².